The van der Waals surface area contributed by atoms with Gasteiger partial charge in [-0.3, -0.25) is 0 Å². The summed E-state index contributed by atoms with van der Waals surface area (Å²) in [7, 11) is 0. The molecule has 1 unspecified atom stereocenters. The number of hydrogen-bond donors (Lipinski definition) is 1. The third-order valence-electron chi connectivity index (χ3n) is 0.838. The van der Waals surface area contributed by atoms with Crippen molar-refractivity contribution >= 4 is 26.9 Å². The average molecular weight is 230 g/mol. The standard InChI is InChI=1S/C5H10O2Te/c1-4(3-8-2)5(6)7/h4H,3H2,1-2H3,(H,6,7). The van der Waals surface area contributed by atoms with Crippen molar-refractivity contribution < 1.29 is 9.90 Å². The van der Waals surface area contributed by atoms with E-state index in [2.05, 4.69) is 4.97 Å². The van der Waals surface area contributed by atoms with Gasteiger partial charge in [-0.15, -0.1) is 0 Å². The van der Waals surface area contributed by atoms with Crippen molar-refractivity contribution in [2.24, 2.45) is 5.92 Å². The Bertz CT molecular complexity index is 82.5. The first-order chi connectivity index (χ1) is 3.68. The van der Waals surface area contributed by atoms with Gasteiger partial charge in [0.15, 0.2) is 0 Å². The molecular weight excluding hydrogens is 220 g/mol. The second kappa shape index (κ2) is 4.17. The molecule has 0 aliphatic carbocycles. The van der Waals surface area contributed by atoms with Crippen LogP contribution in [0.2, 0.25) is 9.44 Å². The van der Waals surface area contributed by atoms with Gasteiger partial charge in [-0.25, -0.2) is 0 Å². The van der Waals surface area contributed by atoms with Gasteiger partial charge in [-0.05, 0) is 0 Å². The molecule has 0 spiro atoms. The molecule has 0 bridgehead atoms. The molecule has 2 nitrogen and oxygen atoms in total. The fourth-order valence-electron chi connectivity index (χ4n) is 0.321. The van der Waals surface area contributed by atoms with Crippen molar-refractivity contribution in [2.45, 2.75) is 16.4 Å². The van der Waals surface area contributed by atoms with Crippen molar-refractivity contribution in [3.63, 3.8) is 0 Å². The summed E-state index contributed by atoms with van der Waals surface area (Å²) in [5.41, 5.74) is 0. The van der Waals surface area contributed by atoms with Gasteiger partial charge in [0.1, 0.15) is 0 Å². The Kier molecular flexibility index (Phi) is 4.30. The van der Waals surface area contributed by atoms with Gasteiger partial charge < -0.3 is 0 Å². The predicted octanol–water partition coefficient (Wildman–Crippen LogP) is 0.878. The maximum atomic E-state index is 10.1. The molecule has 0 amide bonds. The number of carboxylic acids is 1. The SMILES string of the molecule is C[Te]CC(C)C(=O)O. The molecule has 0 aliphatic heterocycles. The Morgan fingerprint density at radius 2 is 2.38 bits per heavy atom. The van der Waals surface area contributed by atoms with Crippen LogP contribution < -0.4 is 0 Å². The first-order valence-electron chi connectivity index (χ1n) is 2.40. The van der Waals surface area contributed by atoms with Gasteiger partial charge in [0.2, 0.25) is 0 Å². The van der Waals surface area contributed by atoms with Crippen LogP contribution in [0.4, 0.5) is 0 Å². The van der Waals surface area contributed by atoms with E-state index < -0.39 is 5.97 Å². The second-order valence-corrected chi connectivity index (χ2v) is 4.29. The molecule has 3 heteroatoms. The number of carboxylic acid groups (broad SMARTS) is 1. The molecule has 1 atom stereocenters. The number of carbonyl (C=O) groups is 1. The summed E-state index contributed by atoms with van der Waals surface area (Å²) >= 11 is 0.00747. The number of rotatable bonds is 3. The minimum absolute atomic E-state index is 0.00747. The molecule has 0 aromatic carbocycles. The molecule has 0 radical (unpaired) electrons. The monoisotopic (exact) mass is 232 g/mol. The van der Waals surface area contributed by atoms with Crippen molar-refractivity contribution in [3.05, 3.63) is 0 Å². The summed E-state index contributed by atoms with van der Waals surface area (Å²) < 4.78 is 0.917. The Labute approximate surface area is 59.4 Å². The maximum absolute atomic E-state index is 10.1. The van der Waals surface area contributed by atoms with Crippen LogP contribution in [-0.4, -0.2) is 32.0 Å². The van der Waals surface area contributed by atoms with Gasteiger partial charge in [0.05, 0.1) is 0 Å². The van der Waals surface area contributed by atoms with E-state index in [-0.39, 0.29) is 26.8 Å². The van der Waals surface area contributed by atoms with Crippen LogP contribution >= 0.6 is 0 Å². The molecule has 48 valence electrons. The van der Waals surface area contributed by atoms with Crippen LogP contribution in [0.3, 0.4) is 0 Å². The molecule has 0 rings (SSSR count). The fraction of sp³-hybridized carbons (Fsp3) is 0.800. The summed E-state index contributed by atoms with van der Waals surface area (Å²) in [4.78, 5) is 12.2. The molecular formula is C5H10O2Te. The summed E-state index contributed by atoms with van der Waals surface area (Å²) in [5, 5.41) is 8.33. The van der Waals surface area contributed by atoms with Gasteiger partial charge in [-0.2, -0.15) is 0 Å². The van der Waals surface area contributed by atoms with Crippen molar-refractivity contribution in [1.29, 1.82) is 0 Å². The van der Waals surface area contributed by atoms with Crippen LogP contribution in [0.25, 0.3) is 0 Å². The molecule has 0 fully saturated rings. The predicted molar refractivity (Wildman–Crippen MR) is 33.2 cm³/mol. The van der Waals surface area contributed by atoms with Crippen LogP contribution in [0.15, 0.2) is 0 Å². The van der Waals surface area contributed by atoms with Crippen LogP contribution in [0, 0.1) is 5.92 Å². The Hall–Kier alpha value is 0.260. The fourth-order valence-corrected chi connectivity index (χ4v) is 2.16. The molecule has 0 aromatic heterocycles. The van der Waals surface area contributed by atoms with Crippen molar-refractivity contribution in [2.75, 3.05) is 0 Å². The third kappa shape index (κ3) is 3.29. The van der Waals surface area contributed by atoms with E-state index in [9.17, 15) is 4.79 Å². The number of hydrogen-bond acceptors (Lipinski definition) is 1. The van der Waals surface area contributed by atoms with E-state index in [1.165, 1.54) is 0 Å². The first kappa shape index (κ1) is 8.26. The summed E-state index contributed by atoms with van der Waals surface area (Å²) in [5.74, 6) is -0.764. The Morgan fingerprint density at radius 3 is 2.50 bits per heavy atom. The summed E-state index contributed by atoms with van der Waals surface area (Å²) in [6.07, 6.45) is 0. The molecule has 0 heterocycles. The first-order valence-corrected chi connectivity index (χ1v) is 6.38. The van der Waals surface area contributed by atoms with E-state index in [0.29, 0.717) is 0 Å². The molecule has 1 N–H and O–H groups in total. The second-order valence-electron chi connectivity index (χ2n) is 1.69. The van der Waals surface area contributed by atoms with E-state index in [1.54, 1.807) is 6.92 Å². The molecule has 0 aromatic rings. The van der Waals surface area contributed by atoms with Crippen molar-refractivity contribution in [1.82, 2.24) is 0 Å². The van der Waals surface area contributed by atoms with E-state index >= 15 is 0 Å². The van der Waals surface area contributed by atoms with E-state index in [0.717, 1.165) is 4.47 Å². The van der Waals surface area contributed by atoms with E-state index in [1.807, 2.05) is 0 Å². The third-order valence-corrected chi connectivity index (χ3v) is 3.22. The van der Waals surface area contributed by atoms with Gasteiger partial charge >= 0.3 is 59.1 Å². The Balaban J connectivity index is 3.32. The van der Waals surface area contributed by atoms with Gasteiger partial charge in [0.25, 0.3) is 0 Å². The molecule has 0 aliphatic rings. The quantitative estimate of drug-likeness (QED) is 0.730. The summed E-state index contributed by atoms with van der Waals surface area (Å²) in [6.45, 7) is 1.76. The Morgan fingerprint density at radius 1 is 1.88 bits per heavy atom. The van der Waals surface area contributed by atoms with Crippen LogP contribution in [0.5, 0.6) is 0 Å². The van der Waals surface area contributed by atoms with E-state index in [4.69, 9.17) is 5.11 Å². The van der Waals surface area contributed by atoms with Gasteiger partial charge in [-0.1, -0.05) is 0 Å². The zero-order valence-corrected chi connectivity index (χ0v) is 7.38. The topological polar surface area (TPSA) is 37.3 Å². The van der Waals surface area contributed by atoms with Crippen molar-refractivity contribution in [3.8, 4) is 0 Å². The normalized spacial score (nSPS) is 13.2. The van der Waals surface area contributed by atoms with Gasteiger partial charge in [0, 0.05) is 0 Å². The number of aliphatic carboxylic acids is 1. The molecule has 0 saturated carbocycles. The zero-order valence-electron chi connectivity index (χ0n) is 5.05. The molecule has 0 saturated heterocycles. The van der Waals surface area contributed by atoms with Crippen LogP contribution in [-0.2, 0) is 4.79 Å². The summed E-state index contributed by atoms with van der Waals surface area (Å²) in [6, 6.07) is 0. The molecule has 8 heavy (non-hydrogen) atoms. The minimum atomic E-state index is -0.656. The average Bonchev–Trinajstić information content (AvgIpc) is 1.67. The van der Waals surface area contributed by atoms with Crippen LogP contribution in [0.1, 0.15) is 6.92 Å². The zero-order chi connectivity index (χ0) is 6.57.